The number of piperazine rings is 1. The number of nitrogens with zero attached hydrogens (tertiary/aromatic N) is 4. The third kappa shape index (κ3) is 5.28. The molecular formula is C28H35ClN8O. The predicted octanol–water partition coefficient (Wildman–Crippen LogP) is 3.70. The molecule has 2 aromatic carbocycles. The Bertz CT molecular complexity index is 1380. The zero-order valence-corrected chi connectivity index (χ0v) is 22.8. The third-order valence-electron chi connectivity index (χ3n) is 7.34. The van der Waals surface area contributed by atoms with E-state index in [0.717, 1.165) is 48.8 Å². The first-order chi connectivity index (χ1) is 18.4. The topological polar surface area (TPSA) is 103 Å². The molecule has 0 aliphatic carbocycles. The van der Waals surface area contributed by atoms with Crippen molar-refractivity contribution in [1.82, 2.24) is 14.9 Å². The maximum Gasteiger partial charge on any atom is 0.260 e. The Labute approximate surface area is 228 Å². The lowest BCUT2D eigenvalue weighted by atomic mass is 10.0. The van der Waals surface area contributed by atoms with Gasteiger partial charge in [-0.25, -0.2) is 4.99 Å². The van der Waals surface area contributed by atoms with Gasteiger partial charge < -0.3 is 20.4 Å². The van der Waals surface area contributed by atoms with Crippen molar-refractivity contribution in [3.05, 3.63) is 75.0 Å². The van der Waals surface area contributed by atoms with Gasteiger partial charge >= 0.3 is 0 Å². The van der Waals surface area contributed by atoms with E-state index in [0.29, 0.717) is 22.7 Å². The molecule has 5 N–H and O–H groups in total. The summed E-state index contributed by atoms with van der Waals surface area (Å²) in [5.41, 5.74) is 7.79. The van der Waals surface area contributed by atoms with Crippen LogP contribution in [0.2, 0.25) is 5.02 Å². The van der Waals surface area contributed by atoms with Crippen molar-refractivity contribution < 1.29 is 0 Å². The Morgan fingerprint density at radius 1 is 1.11 bits per heavy atom. The molecule has 3 heterocycles. The summed E-state index contributed by atoms with van der Waals surface area (Å²) in [4.78, 5) is 23.0. The highest BCUT2D eigenvalue weighted by atomic mass is 35.5. The van der Waals surface area contributed by atoms with E-state index in [1.807, 2.05) is 38.1 Å². The number of hydrogen-bond donors (Lipinski definition) is 4. The third-order valence-corrected chi connectivity index (χ3v) is 7.66. The summed E-state index contributed by atoms with van der Waals surface area (Å²) >= 11 is 6.62. The zero-order chi connectivity index (χ0) is 26.8. The lowest BCUT2D eigenvalue weighted by molar-refractivity contribution is 0.313. The highest BCUT2D eigenvalue weighted by Crippen LogP contribution is 2.31. The molecule has 2 aliphatic rings. The average Bonchev–Trinajstić information content (AvgIpc) is 2.93. The molecule has 2 unspecified atom stereocenters. The summed E-state index contributed by atoms with van der Waals surface area (Å²) in [5.74, 6) is 6.30. The van der Waals surface area contributed by atoms with Gasteiger partial charge in [0.1, 0.15) is 5.82 Å². The Morgan fingerprint density at radius 3 is 2.50 bits per heavy atom. The number of pyridine rings is 1. The molecule has 1 aromatic heterocycles. The van der Waals surface area contributed by atoms with Gasteiger partial charge in [-0.3, -0.25) is 20.6 Å². The van der Waals surface area contributed by atoms with E-state index >= 15 is 0 Å². The molecule has 0 amide bonds. The van der Waals surface area contributed by atoms with Crippen molar-refractivity contribution in [3.63, 3.8) is 0 Å². The summed E-state index contributed by atoms with van der Waals surface area (Å²) in [5, 5.41) is 7.32. The molecule has 38 heavy (non-hydrogen) atoms. The van der Waals surface area contributed by atoms with E-state index in [4.69, 9.17) is 17.4 Å². The van der Waals surface area contributed by atoms with Crippen LogP contribution >= 0.6 is 11.6 Å². The van der Waals surface area contributed by atoms with Gasteiger partial charge in [-0.15, -0.1) is 0 Å². The van der Waals surface area contributed by atoms with Gasteiger partial charge in [-0.05, 0) is 62.9 Å². The molecule has 3 aromatic rings. The number of hydrazine groups is 1. The summed E-state index contributed by atoms with van der Waals surface area (Å²) in [6.07, 6.45) is 1.41. The molecule has 2 atom stereocenters. The van der Waals surface area contributed by atoms with Crippen molar-refractivity contribution in [2.24, 2.45) is 10.8 Å². The fraction of sp³-hybridized carbons (Fsp3) is 0.357. The standard InChI is InChI=1S/C28H35ClN8O/c1-4-37-26-20(15-24(27(37)38)23-10-5-19(16-25(23)29)18(2)34-30)17-31-28(33-26)32-21-6-8-22(9-7-21)36-13-11-35(3)12-14-36/h5-10,15-18,28,32-34H,4,11-14,30H2,1-3H3. The van der Waals surface area contributed by atoms with Gasteiger partial charge in [0.25, 0.3) is 5.56 Å². The monoisotopic (exact) mass is 534 g/mol. The second-order valence-electron chi connectivity index (χ2n) is 9.85. The van der Waals surface area contributed by atoms with E-state index in [9.17, 15) is 4.79 Å². The smallest absolute Gasteiger partial charge is 0.260 e. The second-order valence-corrected chi connectivity index (χ2v) is 10.3. The number of benzene rings is 2. The Morgan fingerprint density at radius 2 is 1.84 bits per heavy atom. The van der Waals surface area contributed by atoms with Crippen LogP contribution in [0.4, 0.5) is 17.2 Å². The Balaban J connectivity index is 1.36. The SMILES string of the molecule is CCn1c2c(cc(-c3ccc(C(C)NN)cc3Cl)c1=O)C=NC(Nc1ccc(N3CCN(C)CC3)cc1)N2. The molecule has 2 aliphatic heterocycles. The first-order valence-electron chi connectivity index (χ1n) is 13.0. The highest BCUT2D eigenvalue weighted by Gasteiger charge is 2.22. The molecule has 9 nitrogen and oxygen atoms in total. The number of nitrogens with two attached hydrogens (primary N) is 1. The number of likely N-dealkylation sites (N-methyl/N-ethyl adjacent to an activating group) is 1. The summed E-state index contributed by atoms with van der Waals surface area (Å²) in [6, 6.07) is 15.9. The number of rotatable bonds is 7. The number of anilines is 3. The number of hydrogen-bond acceptors (Lipinski definition) is 8. The molecule has 0 spiro atoms. The molecule has 0 bridgehead atoms. The maximum absolute atomic E-state index is 13.5. The minimum atomic E-state index is -0.395. The van der Waals surface area contributed by atoms with Gasteiger partial charge in [0.05, 0.1) is 0 Å². The van der Waals surface area contributed by atoms with Gasteiger partial charge in [0.15, 0.2) is 6.29 Å². The van der Waals surface area contributed by atoms with Crippen LogP contribution in [-0.4, -0.2) is 55.2 Å². The fourth-order valence-electron chi connectivity index (χ4n) is 4.94. The van der Waals surface area contributed by atoms with Crippen LogP contribution in [0.5, 0.6) is 0 Å². The lowest BCUT2D eigenvalue weighted by Crippen LogP contribution is -2.44. The summed E-state index contributed by atoms with van der Waals surface area (Å²) in [6.45, 7) is 8.62. The first kappa shape index (κ1) is 26.2. The Kier molecular flexibility index (Phi) is 7.71. The van der Waals surface area contributed by atoms with Crippen molar-refractivity contribution >= 4 is 35.0 Å². The highest BCUT2D eigenvalue weighted by molar-refractivity contribution is 6.33. The summed E-state index contributed by atoms with van der Waals surface area (Å²) < 4.78 is 1.73. The van der Waals surface area contributed by atoms with E-state index in [1.54, 1.807) is 10.8 Å². The van der Waals surface area contributed by atoms with E-state index in [1.165, 1.54) is 5.69 Å². The van der Waals surface area contributed by atoms with Crippen LogP contribution in [0.3, 0.4) is 0 Å². The van der Waals surface area contributed by atoms with Gasteiger partial charge in [-0.2, -0.15) is 0 Å². The van der Waals surface area contributed by atoms with Crippen molar-refractivity contribution in [2.45, 2.75) is 32.7 Å². The first-order valence-corrected chi connectivity index (χ1v) is 13.4. The second kappa shape index (κ2) is 11.2. The number of aliphatic imine (C=N–C) groups is 1. The minimum Gasteiger partial charge on any atom is -0.369 e. The van der Waals surface area contributed by atoms with Crippen LogP contribution in [0.25, 0.3) is 11.1 Å². The van der Waals surface area contributed by atoms with Gasteiger partial charge in [0.2, 0.25) is 0 Å². The fourth-order valence-corrected chi connectivity index (χ4v) is 5.23. The van der Waals surface area contributed by atoms with Crippen LogP contribution < -0.4 is 32.4 Å². The van der Waals surface area contributed by atoms with Crippen molar-refractivity contribution in [3.8, 4) is 11.1 Å². The van der Waals surface area contributed by atoms with E-state index in [-0.39, 0.29) is 11.6 Å². The van der Waals surface area contributed by atoms with Crippen LogP contribution in [-0.2, 0) is 6.54 Å². The average molecular weight is 535 g/mol. The van der Waals surface area contributed by atoms with Gasteiger partial charge in [0, 0.05) is 78.1 Å². The number of nitrogens with one attached hydrogen (secondary N) is 3. The zero-order valence-electron chi connectivity index (χ0n) is 22.0. The minimum absolute atomic E-state index is 0.0545. The van der Waals surface area contributed by atoms with E-state index in [2.05, 4.69) is 62.2 Å². The summed E-state index contributed by atoms with van der Waals surface area (Å²) in [7, 11) is 2.16. The lowest BCUT2D eigenvalue weighted by Gasteiger charge is -2.34. The van der Waals surface area contributed by atoms with Crippen LogP contribution in [0.1, 0.15) is 31.0 Å². The molecule has 10 heteroatoms. The number of halogens is 1. The number of aromatic nitrogens is 1. The molecular weight excluding hydrogens is 500 g/mol. The molecule has 0 radical (unpaired) electrons. The largest absolute Gasteiger partial charge is 0.369 e. The van der Waals surface area contributed by atoms with E-state index < -0.39 is 6.29 Å². The van der Waals surface area contributed by atoms with Crippen molar-refractivity contribution in [2.75, 3.05) is 48.8 Å². The maximum atomic E-state index is 13.5. The van der Waals surface area contributed by atoms with Crippen molar-refractivity contribution in [1.29, 1.82) is 0 Å². The quantitative estimate of drug-likeness (QED) is 0.271. The van der Waals surface area contributed by atoms with Crippen LogP contribution in [0.15, 0.2) is 58.3 Å². The number of fused-ring (bicyclic) bond motifs is 1. The predicted molar refractivity (Wildman–Crippen MR) is 157 cm³/mol. The molecule has 5 rings (SSSR count). The molecule has 200 valence electrons. The molecule has 1 fully saturated rings. The molecule has 1 saturated heterocycles. The normalized spacial score (nSPS) is 18.1. The molecule has 0 saturated carbocycles. The van der Waals surface area contributed by atoms with Gasteiger partial charge in [-0.1, -0.05) is 23.7 Å². The Hall–Kier alpha value is -3.37. The van der Waals surface area contributed by atoms with Crippen LogP contribution in [0, 0.1) is 0 Å².